The molecule has 0 atom stereocenters. The number of hydrogen-bond acceptors (Lipinski definition) is 2. The van der Waals surface area contributed by atoms with E-state index >= 15 is 0 Å². The lowest BCUT2D eigenvalue weighted by Crippen LogP contribution is -2.16. The molecular formula is C11H19N3. The summed E-state index contributed by atoms with van der Waals surface area (Å²) in [6.45, 7) is 6.37. The molecule has 78 valence electrons. The van der Waals surface area contributed by atoms with Crippen LogP contribution in [0, 0.1) is 5.92 Å². The Hall–Kier alpha value is -0.830. The van der Waals surface area contributed by atoms with Gasteiger partial charge in [0.2, 0.25) is 0 Å². The van der Waals surface area contributed by atoms with Crippen LogP contribution in [0.4, 0.5) is 0 Å². The highest BCUT2D eigenvalue weighted by atomic mass is 15.3. The monoisotopic (exact) mass is 193 g/mol. The summed E-state index contributed by atoms with van der Waals surface area (Å²) >= 11 is 0. The van der Waals surface area contributed by atoms with Crippen LogP contribution in [0.3, 0.4) is 0 Å². The molecule has 0 saturated heterocycles. The van der Waals surface area contributed by atoms with E-state index in [0.29, 0.717) is 6.04 Å². The molecule has 1 aliphatic rings. The molecule has 0 aromatic carbocycles. The minimum absolute atomic E-state index is 0.465. The Balaban J connectivity index is 1.77. The molecule has 1 aromatic heterocycles. The van der Waals surface area contributed by atoms with Crippen molar-refractivity contribution in [2.24, 2.45) is 5.92 Å². The van der Waals surface area contributed by atoms with Crippen LogP contribution < -0.4 is 5.32 Å². The minimum Gasteiger partial charge on any atom is -0.311 e. The molecule has 0 amide bonds. The SMILES string of the molecule is CC(C)n1ccc(CNCC2CC2)n1. The fourth-order valence-electron chi connectivity index (χ4n) is 1.49. The second-order valence-electron chi connectivity index (χ2n) is 4.46. The standard InChI is InChI=1S/C11H19N3/c1-9(2)14-6-5-11(13-14)8-12-7-10-3-4-10/h5-6,9-10,12H,3-4,7-8H2,1-2H3. The molecule has 0 unspecified atom stereocenters. The number of aromatic nitrogens is 2. The Morgan fingerprint density at radius 3 is 2.93 bits per heavy atom. The van der Waals surface area contributed by atoms with Crippen molar-refractivity contribution in [3.63, 3.8) is 0 Å². The molecule has 1 N–H and O–H groups in total. The summed E-state index contributed by atoms with van der Waals surface area (Å²) in [5, 5.41) is 7.92. The van der Waals surface area contributed by atoms with E-state index in [1.165, 1.54) is 12.8 Å². The molecule has 3 nitrogen and oxygen atoms in total. The molecule has 1 saturated carbocycles. The Bertz CT molecular complexity index is 286. The summed E-state index contributed by atoms with van der Waals surface area (Å²) in [6.07, 6.45) is 4.87. The third-order valence-electron chi connectivity index (χ3n) is 2.63. The van der Waals surface area contributed by atoms with Crippen LogP contribution in [0.5, 0.6) is 0 Å². The van der Waals surface area contributed by atoms with Crippen LogP contribution in [-0.2, 0) is 6.54 Å². The Labute approximate surface area is 85.5 Å². The lowest BCUT2D eigenvalue weighted by atomic mass is 10.4. The van der Waals surface area contributed by atoms with Gasteiger partial charge in [0.1, 0.15) is 0 Å². The van der Waals surface area contributed by atoms with E-state index in [9.17, 15) is 0 Å². The van der Waals surface area contributed by atoms with Crippen molar-refractivity contribution in [2.75, 3.05) is 6.54 Å². The molecule has 14 heavy (non-hydrogen) atoms. The highest BCUT2D eigenvalue weighted by Gasteiger charge is 2.20. The molecule has 0 spiro atoms. The maximum absolute atomic E-state index is 4.48. The summed E-state index contributed by atoms with van der Waals surface area (Å²) in [5.41, 5.74) is 1.15. The third-order valence-corrected chi connectivity index (χ3v) is 2.63. The largest absolute Gasteiger partial charge is 0.311 e. The van der Waals surface area contributed by atoms with Gasteiger partial charge in [-0.15, -0.1) is 0 Å². The Kier molecular flexibility index (Phi) is 2.87. The number of rotatable bonds is 5. The van der Waals surface area contributed by atoms with E-state index in [1.807, 2.05) is 4.68 Å². The van der Waals surface area contributed by atoms with E-state index in [4.69, 9.17) is 0 Å². The summed E-state index contributed by atoms with van der Waals surface area (Å²) < 4.78 is 2.01. The van der Waals surface area contributed by atoms with Crippen molar-refractivity contribution in [1.82, 2.24) is 15.1 Å². The highest BCUT2D eigenvalue weighted by Crippen LogP contribution is 2.27. The molecule has 1 heterocycles. The lowest BCUT2D eigenvalue weighted by molar-refractivity contribution is 0.520. The van der Waals surface area contributed by atoms with Crippen LogP contribution in [-0.4, -0.2) is 16.3 Å². The average molecular weight is 193 g/mol. The van der Waals surface area contributed by atoms with Crippen LogP contribution in [0.1, 0.15) is 38.4 Å². The molecule has 0 aliphatic heterocycles. The van der Waals surface area contributed by atoms with Crippen LogP contribution in [0.2, 0.25) is 0 Å². The zero-order valence-corrected chi connectivity index (χ0v) is 9.03. The van der Waals surface area contributed by atoms with E-state index in [-0.39, 0.29) is 0 Å². The maximum atomic E-state index is 4.48. The number of nitrogens with one attached hydrogen (secondary N) is 1. The molecule has 0 radical (unpaired) electrons. The summed E-state index contributed by atoms with van der Waals surface area (Å²) in [6, 6.07) is 2.56. The zero-order valence-electron chi connectivity index (χ0n) is 9.03. The quantitative estimate of drug-likeness (QED) is 0.774. The maximum Gasteiger partial charge on any atom is 0.0762 e. The first-order valence-corrected chi connectivity index (χ1v) is 5.50. The van der Waals surface area contributed by atoms with Gasteiger partial charge in [0, 0.05) is 18.8 Å². The molecule has 1 fully saturated rings. The van der Waals surface area contributed by atoms with Gasteiger partial charge in [-0.1, -0.05) is 0 Å². The van der Waals surface area contributed by atoms with Crippen molar-refractivity contribution in [3.05, 3.63) is 18.0 Å². The van der Waals surface area contributed by atoms with E-state index in [1.54, 1.807) is 0 Å². The first-order valence-electron chi connectivity index (χ1n) is 5.50. The molecule has 1 aliphatic carbocycles. The molecular weight excluding hydrogens is 174 g/mol. The molecule has 1 aromatic rings. The van der Waals surface area contributed by atoms with Crippen molar-refractivity contribution < 1.29 is 0 Å². The van der Waals surface area contributed by atoms with E-state index in [0.717, 1.165) is 24.7 Å². The minimum atomic E-state index is 0.465. The summed E-state index contributed by atoms with van der Waals surface area (Å²) in [5.74, 6) is 0.946. The van der Waals surface area contributed by atoms with Gasteiger partial charge in [-0.2, -0.15) is 5.10 Å². The molecule has 3 heteroatoms. The van der Waals surface area contributed by atoms with Gasteiger partial charge in [0.05, 0.1) is 5.69 Å². The fraction of sp³-hybridized carbons (Fsp3) is 0.727. The first kappa shape index (κ1) is 9.71. The van der Waals surface area contributed by atoms with Gasteiger partial charge in [-0.25, -0.2) is 0 Å². The van der Waals surface area contributed by atoms with Crippen molar-refractivity contribution in [2.45, 2.75) is 39.3 Å². The number of nitrogens with zero attached hydrogens (tertiary/aromatic N) is 2. The van der Waals surface area contributed by atoms with Gasteiger partial charge in [0.15, 0.2) is 0 Å². The van der Waals surface area contributed by atoms with Crippen LogP contribution in [0.25, 0.3) is 0 Å². The van der Waals surface area contributed by atoms with E-state index < -0.39 is 0 Å². The predicted molar refractivity (Wildman–Crippen MR) is 57.0 cm³/mol. The average Bonchev–Trinajstić information content (AvgIpc) is 2.82. The lowest BCUT2D eigenvalue weighted by Gasteiger charge is -2.04. The predicted octanol–water partition coefficient (Wildman–Crippen LogP) is 1.96. The smallest absolute Gasteiger partial charge is 0.0762 e. The summed E-state index contributed by atoms with van der Waals surface area (Å²) in [7, 11) is 0. The fourth-order valence-corrected chi connectivity index (χ4v) is 1.49. The highest BCUT2D eigenvalue weighted by molar-refractivity contribution is 4.99. The van der Waals surface area contributed by atoms with Gasteiger partial charge < -0.3 is 5.32 Å². The second kappa shape index (κ2) is 4.13. The van der Waals surface area contributed by atoms with Crippen LogP contribution >= 0.6 is 0 Å². The van der Waals surface area contributed by atoms with Crippen molar-refractivity contribution in [1.29, 1.82) is 0 Å². The Morgan fingerprint density at radius 1 is 1.57 bits per heavy atom. The third kappa shape index (κ3) is 2.58. The first-order chi connectivity index (χ1) is 6.75. The van der Waals surface area contributed by atoms with E-state index in [2.05, 4.69) is 36.5 Å². The van der Waals surface area contributed by atoms with Gasteiger partial charge >= 0.3 is 0 Å². The normalized spacial score (nSPS) is 16.5. The van der Waals surface area contributed by atoms with Gasteiger partial charge in [-0.3, -0.25) is 4.68 Å². The van der Waals surface area contributed by atoms with Crippen molar-refractivity contribution in [3.8, 4) is 0 Å². The topological polar surface area (TPSA) is 29.9 Å². The summed E-state index contributed by atoms with van der Waals surface area (Å²) in [4.78, 5) is 0. The van der Waals surface area contributed by atoms with Crippen molar-refractivity contribution >= 4 is 0 Å². The Morgan fingerprint density at radius 2 is 2.36 bits per heavy atom. The molecule has 2 rings (SSSR count). The van der Waals surface area contributed by atoms with Crippen LogP contribution in [0.15, 0.2) is 12.3 Å². The number of hydrogen-bond donors (Lipinski definition) is 1. The second-order valence-corrected chi connectivity index (χ2v) is 4.46. The van der Waals surface area contributed by atoms with Gasteiger partial charge in [0.25, 0.3) is 0 Å². The van der Waals surface area contributed by atoms with Gasteiger partial charge in [-0.05, 0) is 45.2 Å². The zero-order chi connectivity index (χ0) is 9.97. The molecule has 0 bridgehead atoms.